The van der Waals surface area contributed by atoms with E-state index in [0.717, 1.165) is 15.8 Å². The number of rotatable bonds is 5. The Morgan fingerprint density at radius 2 is 2.04 bits per heavy atom. The van der Waals surface area contributed by atoms with Crippen LogP contribution in [0.25, 0.3) is 10.9 Å². The van der Waals surface area contributed by atoms with Crippen LogP contribution in [0.2, 0.25) is 5.02 Å². The van der Waals surface area contributed by atoms with E-state index in [1.807, 2.05) is 37.3 Å². The van der Waals surface area contributed by atoms with Gasteiger partial charge in [-0.1, -0.05) is 29.8 Å². The molecule has 0 aliphatic heterocycles. The first-order chi connectivity index (χ1) is 12.1. The molecule has 0 aliphatic carbocycles. The summed E-state index contributed by atoms with van der Waals surface area (Å²) in [7, 11) is 1.56. The molecule has 0 spiro atoms. The first kappa shape index (κ1) is 17.6. The number of hydrogen-bond acceptors (Lipinski definition) is 4. The van der Waals surface area contributed by atoms with E-state index in [9.17, 15) is 4.79 Å². The van der Waals surface area contributed by atoms with Crippen molar-refractivity contribution in [1.82, 2.24) is 4.98 Å². The average Bonchev–Trinajstić information content (AvgIpc) is 2.62. The average molecular weight is 373 g/mol. The highest BCUT2D eigenvalue weighted by atomic mass is 35.5. The molecule has 1 amide bonds. The highest BCUT2D eigenvalue weighted by Crippen LogP contribution is 2.32. The summed E-state index contributed by atoms with van der Waals surface area (Å²) in [5.74, 6) is 0.454. The van der Waals surface area contributed by atoms with Crippen LogP contribution >= 0.6 is 23.4 Å². The van der Waals surface area contributed by atoms with E-state index in [1.54, 1.807) is 31.5 Å². The molecule has 1 unspecified atom stereocenters. The lowest BCUT2D eigenvalue weighted by Crippen LogP contribution is -2.22. The number of hydrogen-bond donors (Lipinski definition) is 1. The van der Waals surface area contributed by atoms with E-state index in [0.29, 0.717) is 16.5 Å². The van der Waals surface area contributed by atoms with Crippen LogP contribution in [0.3, 0.4) is 0 Å². The zero-order chi connectivity index (χ0) is 17.8. The zero-order valence-electron chi connectivity index (χ0n) is 13.8. The Hall–Kier alpha value is -2.24. The van der Waals surface area contributed by atoms with Crippen molar-refractivity contribution >= 4 is 45.9 Å². The van der Waals surface area contributed by atoms with Gasteiger partial charge in [0, 0.05) is 21.5 Å². The van der Waals surface area contributed by atoms with Crippen molar-refractivity contribution < 1.29 is 9.53 Å². The predicted molar refractivity (Wildman–Crippen MR) is 104 cm³/mol. The Morgan fingerprint density at radius 3 is 2.84 bits per heavy atom. The second kappa shape index (κ2) is 7.76. The van der Waals surface area contributed by atoms with Gasteiger partial charge in [-0.3, -0.25) is 9.78 Å². The number of amides is 1. The Labute approximate surface area is 155 Å². The largest absolute Gasteiger partial charge is 0.495 e. The summed E-state index contributed by atoms with van der Waals surface area (Å²) >= 11 is 7.51. The number of nitrogens with zero attached hydrogens (tertiary/aromatic N) is 1. The number of pyridine rings is 1. The minimum absolute atomic E-state index is 0.119. The molecule has 3 aromatic rings. The summed E-state index contributed by atoms with van der Waals surface area (Å²) in [6, 6.07) is 14.9. The molecular weight excluding hydrogens is 356 g/mol. The molecule has 3 rings (SSSR count). The highest BCUT2D eigenvalue weighted by Gasteiger charge is 2.17. The van der Waals surface area contributed by atoms with E-state index < -0.39 is 0 Å². The van der Waals surface area contributed by atoms with Crippen molar-refractivity contribution in [3.63, 3.8) is 0 Å². The van der Waals surface area contributed by atoms with Gasteiger partial charge in [0.2, 0.25) is 5.91 Å². The van der Waals surface area contributed by atoms with Gasteiger partial charge in [-0.15, -0.1) is 11.8 Å². The summed E-state index contributed by atoms with van der Waals surface area (Å²) in [5, 5.41) is 4.16. The van der Waals surface area contributed by atoms with E-state index >= 15 is 0 Å². The maximum absolute atomic E-state index is 12.6. The number of halogens is 1. The van der Waals surface area contributed by atoms with Gasteiger partial charge in [0.05, 0.1) is 23.6 Å². The Balaban J connectivity index is 1.78. The van der Waals surface area contributed by atoms with Crippen LogP contribution in [0.5, 0.6) is 5.75 Å². The molecule has 128 valence electrons. The molecule has 25 heavy (non-hydrogen) atoms. The van der Waals surface area contributed by atoms with Gasteiger partial charge in [-0.2, -0.15) is 0 Å². The number of anilines is 1. The van der Waals surface area contributed by atoms with Crippen LogP contribution in [0, 0.1) is 0 Å². The fraction of sp³-hybridized carbons (Fsp3) is 0.158. The third-order valence-electron chi connectivity index (χ3n) is 3.70. The number of nitrogens with one attached hydrogen (secondary N) is 1. The fourth-order valence-electron chi connectivity index (χ4n) is 2.43. The summed E-state index contributed by atoms with van der Waals surface area (Å²) in [6.07, 6.45) is 1.76. The molecule has 0 saturated heterocycles. The zero-order valence-corrected chi connectivity index (χ0v) is 15.4. The second-order valence-electron chi connectivity index (χ2n) is 5.42. The number of methoxy groups -OCH3 is 1. The van der Waals surface area contributed by atoms with Gasteiger partial charge < -0.3 is 10.1 Å². The van der Waals surface area contributed by atoms with Crippen molar-refractivity contribution in [1.29, 1.82) is 0 Å². The van der Waals surface area contributed by atoms with Gasteiger partial charge in [-0.05, 0) is 37.3 Å². The van der Waals surface area contributed by atoms with Crippen LogP contribution < -0.4 is 10.1 Å². The van der Waals surface area contributed by atoms with Gasteiger partial charge in [0.25, 0.3) is 0 Å². The molecule has 0 bridgehead atoms. The van der Waals surface area contributed by atoms with Crippen molar-refractivity contribution in [2.24, 2.45) is 0 Å². The molecule has 0 saturated carbocycles. The number of aromatic nitrogens is 1. The number of carbonyl (C=O) groups excluding carboxylic acids is 1. The summed E-state index contributed by atoms with van der Waals surface area (Å²) < 4.78 is 5.27. The first-order valence-electron chi connectivity index (χ1n) is 7.73. The summed E-state index contributed by atoms with van der Waals surface area (Å²) in [5.41, 5.74) is 1.48. The van der Waals surface area contributed by atoms with Gasteiger partial charge in [0.1, 0.15) is 5.75 Å². The summed E-state index contributed by atoms with van der Waals surface area (Å²) in [6.45, 7) is 1.87. The molecule has 0 radical (unpaired) electrons. The number of ether oxygens (including phenoxy) is 1. The standard InChI is InChI=1S/C19H17ClN2O2S/c1-12(19(23)22-16-11-13(20)7-8-17(16)24-2)25-18-9-10-21-15-6-4-3-5-14(15)18/h3-12H,1-2H3,(H,22,23). The number of para-hydroxylation sites is 1. The van der Waals surface area contributed by atoms with Crippen molar-refractivity contribution in [2.45, 2.75) is 17.1 Å². The molecular formula is C19H17ClN2O2S. The lowest BCUT2D eigenvalue weighted by atomic mass is 10.2. The maximum Gasteiger partial charge on any atom is 0.237 e. The number of thioether (sulfide) groups is 1. The first-order valence-corrected chi connectivity index (χ1v) is 8.99. The molecule has 1 aromatic heterocycles. The third-order valence-corrected chi connectivity index (χ3v) is 5.11. The Bertz CT molecular complexity index is 912. The molecule has 0 aliphatic rings. The smallest absolute Gasteiger partial charge is 0.237 e. The lowest BCUT2D eigenvalue weighted by Gasteiger charge is -2.15. The minimum Gasteiger partial charge on any atom is -0.495 e. The number of benzene rings is 2. The predicted octanol–water partition coefficient (Wildman–Crippen LogP) is 5.02. The highest BCUT2D eigenvalue weighted by molar-refractivity contribution is 8.00. The topological polar surface area (TPSA) is 51.2 Å². The number of carbonyl (C=O) groups is 1. The SMILES string of the molecule is COc1ccc(Cl)cc1NC(=O)C(C)Sc1ccnc2ccccc12. The quantitative estimate of drug-likeness (QED) is 0.639. The van der Waals surface area contributed by atoms with Crippen LogP contribution in [0.4, 0.5) is 5.69 Å². The van der Waals surface area contributed by atoms with Gasteiger partial charge >= 0.3 is 0 Å². The van der Waals surface area contributed by atoms with Crippen LogP contribution in [0.15, 0.2) is 59.6 Å². The van der Waals surface area contributed by atoms with Crippen LogP contribution in [-0.4, -0.2) is 23.3 Å². The molecule has 1 heterocycles. The summed E-state index contributed by atoms with van der Waals surface area (Å²) in [4.78, 5) is 18.0. The van der Waals surface area contributed by atoms with E-state index in [1.165, 1.54) is 11.8 Å². The van der Waals surface area contributed by atoms with E-state index in [-0.39, 0.29) is 11.2 Å². The lowest BCUT2D eigenvalue weighted by molar-refractivity contribution is -0.115. The van der Waals surface area contributed by atoms with E-state index in [2.05, 4.69) is 10.3 Å². The van der Waals surface area contributed by atoms with Crippen molar-refractivity contribution in [2.75, 3.05) is 12.4 Å². The third kappa shape index (κ3) is 4.06. The number of fused-ring (bicyclic) bond motifs is 1. The molecule has 1 atom stereocenters. The maximum atomic E-state index is 12.6. The fourth-order valence-corrected chi connectivity index (χ4v) is 3.59. The monoisotopic (exact) mass is 372 g/mol. The molecule has 0 fully saturated rings. The normalized spacial score (nSPS) is 12.0. The van der Waals surface area contributed by atoms with E-state index in [4.69, 9.17) is 16.3 Å². The molecule has 4 nitrogen and oxygen atoms in total. The molecule has 1 N–H and O–H groups in total. The van der Waals surface area contributed by atoms with Crippen LogP contribution in [-0.2, 0) is 4.79 Å². The van der Waals surface area contributed by atoms with Gasteiger partial charge in [0.15, 0.2) is 0 Å². The van der Waals surface area contributed by atoms with Gasteiger partial charge in [-0.25, -0.2) is 0 Å². The molecule has 2 aromatic carbocycles. The molecule has 6 heteroatoms. The second-order valence-corrected chi connectivity index (χ2v) is 7.24. The van der Waals surface area contributed by atoms with Crippen molar-refractivity contribution in [3.05, 3.63) is 59.8 Å². The van der Waals surface area contributed by atoms with Crippen molar-refractivity contribution in [3.8, 4) is 5.75 Å². The Morgan fingerprint density at radius 1 is 1.24 bits per heavy atom. The minimum atomic E-state index is -0.297. The van der Waals surface area contributed by atoms with Crippen LogP contribution in [0.1, 0.15) is 6.92 Å². The Kier molecular flexibility index (Phi) is 5.46.